The molecule has 2 aliphatic rings. The van der Waals surface area contributed by atoms with E-state index in [-0.39, 0.29) is 36.0 Å². The van der Waals surface area contributed by atoms with Crippen LogP contribution in [0.4, 0.5) is 5.69 Å². The Morgan fingerprint density at radius 2 is 2.21 bits per heavy atom. The molecule has 162 valence electrons. The van der Waals surface area contributed by atoms with E-state index in [1.807, 2.05) is 36.0 Å². The first-order valence-corrected chi connectivity index (χ1v) is 11.2. The highest BCUT2D eigenvalue weighted by atomic mass is 127. The van der Waals surface area contributed by atoms with Crippen LogP contribution in [0, 0.1) is 0 Å². The Morgan fingerprint density at radius 3 is 2.90 bits per heavy atom. The average molecular weight is 532 g/mol. The molecule has 0 bridgehead atoms. The highest BCUT2D eigenvalue weighted by Crippen LogP contribution is 2.36. The van der Waals surface area contributed by atoms with E-state index < -0.39 is 0 Å². The van der Waals surface area contributed by atoms with E-state index in [4.69, 9.17) is 9.73 Å². The molecule has 0 aliphatic carbocycles. The van der Waals surface area contributed by atoms with Crippen molar-refractivity contribution in [3.63, 3.8) is 0 Å². The van der Waals surface area contributed by atoms with Gasteiger partial charge in [0.1, 0.15) is 6.10 Å². The van der Waals surface area contributed by atoms with Crippen LogP contribution in [0.5, 0.6) is 0 Å². The first-order valence-electron chi connectivity index (χ1n) is 10.3. The van der Waals surface area contributed by atoms with Crippen LogP contribution in [-0.2, 0) is 16.1 Å². The highest BCUT2D eigenvalue weighted by Gasteiger charge is 2.29. The number of ether oxygens (including phenoxy) is 1. The highest BCUT2D eigenvalue weighted by molar-refractivity contribution is 14.0. The van der Waals surface area contributed by atoms with Gasteiger partial charge in [0.2, 0.25) is 0 Å². The zero-order valence-corrected chi connectivity index (χ0v) is 20.5. The van der Waals surface area contributed by atoms with Gasteiger partial charge in [0.05, 0.1) is 6.54 Å². The van der Waals surface area contributed by atoms with E-state index in [2.05, 4.69) is 29.8 Å². The van der Waals surface area contributed by atoms with Crippen molar-refractivity contribution in [1.82, 2.24) is 10.6 Å². The van der Waals surface area contributed by atoms with Crippen LogP contribution in [0.25, 0.3) is 0 Å². The molecule has 6 nitrogen and oxygen atoms in total. The number of benzene rings is 1. The molecule has 2 saturated heterocycles. The second-order valence-corrected chi connectivity index (χ2v) is 9.32. The van der Waals surface area contributed by atoms with E-state index in [1.165, 1.54) is 18.6 Å². The number of amides is 1. The van der Waals surface area contributed by atoms with Crippen molar-refractivity contribution in [3.8, 4) is 0 Å². The molecule has 2 fully saturated rings. The lowest BCUT2D eigenvalue weighted by Gasteiger charge is -2.24. The zero-order valence-electron chi connectivity index (χ0n) is 17.3. The van der Waals surface area contributed by atoms with E-state index in [0.717, 1.165) is 43.1 Å². The maximum atomic E-state index is 12.2. The number of anilines is 1. The van der Waals surface area contributed by atoms with Gasteiger partial charge in [0.25, 0.3) is 5.91 Å². The second kappa shape index (κ2) is 12.0. The van der Waals surface area contributed by atoms with Gasteiger partial charge in [-0.15, -0.1) is 24.0 Å². The standard InChI is InChI=1S/C21H32N4O2S.HI/c1-3-22-20(24-15-21(2)10-6-12-28-21)23-14-16-7-4-8-17(13-16)25-19(26)18-9-5-11-27-18;/h4,7-8,13,18H,3,5-6,9-12,14-15H2,1-2H3,(H,25,26)(H2,22,23,24);1H. The molecule has 1 aromatic rings. The smallest absolute Gasteiger partial charge is 0.253 e. The van der Waals surface area contributed by atoms with Gasteiger partial charge in [0.15, 0.2) is 5.96 Å². The summed E-state index contributed by atoms with van der Waals surface area (Å²) in [4.78, 5) is 17.0. The van der Waals surface area contributed by atoms with Crippen molar-refractivity contribution < 1.29 is 9.53 Å². The predicted octanol–water partition coefficient (Wildman–Crippen LogP) is 3.76. The van der Waals surface area contributed by atoms with Crippen molar-refractivity contribution in [3.05, 3.63) is 29.8 Å². The zero-order chi connectivity index (χ0) is 19.8. The molecule has 29 heavy (non-hydrogen) atoms. The van der Waals surface area contributed by atoms with Crippen LogP contribution in [0.2, 0.25) is 0 Å². The summed E-state index contributed by atoms with van der Waals surface area (Å²) in [5, 5.41) is 9.77. The fourth-order valence-corrected chi connectivity index (χ4v) is 4.76. The number of rotatable bonds is 7. The summed E-state index contributed by atoms with van der Waals surface area (Å²) < 4.78 is 5.74. The van der Waals surface area contributed by atoms with Gasteiger partial charge in [-0.25, -0.2) is 4.99 Å². The Labute approximate surface area is 195 Å². The van der Waals surface area contributed by atoms with Gasteiger partial charge >= 0.3 is 0 Å². The molecule has 2 heterocycles. The molecule has 0 aromatic heterocycles. The normalized spacial score (nSPS) is 24.1. The quantitative estimate of drug-likeness (QED) is 0.283. The molecule has 2 aliphatic heterocycles. The van der Waals surface area contributed by atoms with Crippen LogP contribution in [0.15, 0.2) is 29.3 Å². The summed E-state index contributed by atoms with van der Waals surface area (Å²) in [6.07, 6.45) is 3.97. The third-order valence-corrected chi connectivity index (χ3v) is 6.65. The summed E-state index contributed by atoms with van der Waals surface area (Å²) in [7, 11) is 0. The minimum atomic E-state index is -0.318. The van der Waals surface area contributed by atoms with Crippen LogP contribution in [0.1, 0.15) is 45.1 Å². The van der Waals surface area contributed by atoms with E-state index in [9.17, 15) is 4.79 Å². The summed E-state index contributed by atoms with van der Waals surface area (Å²) in [6, 6.07) is 7.87. The molecular weight excluding hydrogens is 499 g/mol. The maximum Gasteiger partial charge on any atom is 0.253 e. The Hall–Kier alpha value is -1.00. The van der Waals surface area contributed by atoms with E-state index in [0.29, 0.717) is 17.9 Å². The first kappa shape index (κ1) is 24.3. The minimum Gasteiger partial charge on any atom is -0.368 e. The number of aliphatic imine (C=N–C) groups is 1. The van der Waals surface area contributed by atoms with Crippen molar-refractivity contribution in [2.45, 2.75) is 56.9 Å². The predicted molar refractivity (Wildman–Crippen MR) is 132 cm³/mol. The molecule has 1 amide bonds. The number of thioether (sulfide) groups is 1. The lowest BCUT2D eigenvalue weighted by molar-refractivity contribution is -0.124. The Morgan fingerprint density at radius 1 is 1.34 bits per heavy atom. The Bertz CT molecular complexity index is 689. The summed E-state index contributed by atoms with van der Waals surface area (Å²) in [5.74, 6) is 2.02. The third-order valence-electron chi connectivity index (χ3n) is 5.11. The number of guanidine groups is 1. The summed E-state index contributed by atoms with van der Waals surface area (Å²) in [5.41, 5.74) is 1.85. The van der Waals surface area contributed by atoms with Gasteiger partial charge in [-0.3, -0.25) is 4.79 Å². The number of nitrogens with one attached hydrogen (secondary N) is 3. The number of hydrogen-bond donors (Lipinski definition) is 3. The molecule has 2 atom stereocenters. The largest absolute Gasteiger partial charge is 0.368 e. The topological polar surface area (TPSA) is 74.8 Å². The number of carbonyl (C=O) groups excluding carboxylic acids is 1. The van der Waals surface area contributed by atoms with Gasteiger partial charge < -0.3 is 20.7 Å². The number of nitrogens with zero attached hydrogens (tertiary/aromatic N) is 1. The fraction of sp³-hybridized carbons (Fsp3) is 0.619. The van der Waals surface area contributed by atoms with Gasteiger partial charge in [-0.05, 0) is 63.0 Å². The number of carbonyl (C=O) groups is 1. The summed E-state index contributed by atoms with van der Waals surface area (Å²) >= 11 is 2.04. The van der Waals surface area contributed by atoms with Crippen LogP contribution in [-0.4, -0.2) is 48.2 Å². The molecule has 3 rings (SSSR count). The molecule has 8 heteroatoms. The van der Waals surface area contributed by atoms with Crippen LogP contribution in [0.3, 0.4) is 0 Å². The molecule has 3 N–H and O–H groups in total. The first-order chi connectivity index (χ1) is 13.6. The molecule has 0 saturated carbocycles. The van der Waals surface area contributed by atoms with E-state index >= 15 is 0 Å². The molecule has 0 radical (unpaired) electrons. The van der Waals surface area contributed by atoms with Crippen molar-refractivity contribution in [2.24, 2.45) is 4.99 Å². The fourth-order valence-electron chi connectivity index (χ4n) is 3.51. The third kappa shape index (κ3) is 7.64. The van der Waals surface area contributed by atoms with Gasteiger partial charge in [-0.1, -0.05) is 12.1 Å². The molecule has 1 aromatic carbocycles. The van der Waals surface area contributed by atoms with Crippen molar-refractivity contribution in [1.29, 1.82) is 0 Å². The Balaban J connectivity index is 0.00000300. The lowest BCUT2D eigenvalue weighted by atomic mass is 10.1. The monoisotopic (exact) mass is 532 g/mol. The lowest BCUT2D eigenvalue weighted by Crippen LogP contribution is -2.43. The van der Waals surface area contributed by atoms with Crippen molar-refractivity contribution in [2.75, 3.05) is 30.8 Å². The van der Waals surface area contributed by atoms with Crippen LogP contribution < -0.4 is 16.0 Å². The minimum absolute atomic E-state index is 0. The summed E-state index contributed by atoms with van der Waals surface area (Å²) in [6.45, 7) is 7.37. The SMILES string of the molecule is CCNC(=NCc1cccc(NC(=O)C2CCCO2)c1)NCC1(C)CCCS1.I. The number of halogens is 1. The average Bonchev–Trinajstić information content (AvgIpc) is 3.37. The number of hydrogen-bond acceptors (Lipinski definition) is 4. The van der Waals surface area contributed by atoms with Gasteiger partial charge in [0, 0.05) is 30.1 Å². The van der Waals surface area contributed by atoms with E-state index in [1.54, 1.807) is 0 Å². The van der Waals surface area contributed by atoms with Gasteiger partial charge in [-0.2, -0.15) is 11.8 Å². The van der Waals surface area contributed by atoms with Crippen LogP contribution >= 0.6 is 35.7 Å². The second-order valence-electron chi connectivity index (χ2n) is 7.64. The molecule has 2 unspecified atom stereocenters. The Kier molecular flexibility index (Phi) is 10.0. The molecular formula is C21H33IN4O2S. The molecule has 0 spiro atoms. The van der Waals surface area contributed by atoms with Crippen molar-refractivity contribution >= 4 is 53.3 Å². The maximum absolute atomic E-state index is 12.2.